The van der Waals surface area contributed by atoms with Gasteiger partial charge < -0.3 is 5.32 Å². The third kappa shape index (κ3) is 3.42. The number of Topliss-reactive ketones (excluding diaryl/α,β-unsaturated/α-hetero) is 1. The Hall–Kier alpha value is -0.670. The number of benzene rings is 1. The summed E-state index contributed by atoms with van der Waals surface area (Å²) in [5, 5.41) is 3.35. The molecule has 2 rings (SSSR count). The molecule has 1 aliphatic rings. The number of halogens is 1. The monoisotopic (exact) mass is 281 g/mol. The molecule has 3 heteroatoms. The van der Waals surface area contributed by atoms with E-state index in [4.69, 9.17) is 0 Å². The van der Waals surface area contributed by atoms with Gasteiger partial charge in [0.1, 0.15) is 5.78 Å². The standard InChI is InChI=1S/C13H16BrNO/c14-11-4-1-3-10(7-11)8-13(16)9-12-5-2-6-15-12/h1,3-4,7,12,15H,2,5-6,8-9H2. The van der Waals surface area contributed by atoms with Crippen LogP contribution in [-0.4, -0.2) is 18.4 Å². The number of carbonyl (C=O) groups excluding carboxylic acids is 1. The fourth-order valence-electron chi connectivity index (χ4n) is 2.15. The summed E-state index contributed by atoms with van der Waals surface area (Å²) in [5.41, 5.74) is 1.09. The highest BCUT2D eigenvalue weighted by Crippen LogP contribution is 2.14. The van der Waals surface area contributed by atoms with Gasteiger partial charge in [-0.2, -0.15) is 0 Å². The van der Waals surface area contributed by atoms with Gasteiger partial charge in [-0.05, 0) is 37.1 Å². The lowest BCUT2D eigenvalue weighted by Gasteiger charge is -2.08. The van der Waals surface area contributed by atoms with Crippen LogP contribution in [-0.2, 0) is 11.2 Å². The molecule has 0 radical (unpaired) electrons. The number of carbonyl (C=O) groups is 1. The van der Waals surface area contributed by atoms with E-state index in [1.54, 1.807) is 0 Å². The lowest BCUT2D eigenvalue weighted by Crippen LogP contribution is -2.25. The van der Waals surface area contributed by atoms with Gasteiger partial charge in [-0.25, -0.2) is 0 Å². The molecule has 1 atom stereocenters. The molecule has 0 saturated carbocycles. The van der Waals surface area contributed by atoms with Gasteiger partial charge in [0.15, 0.2) is 0 Å². The molecule has 16 heavy (non-hydrogen) atoms. The molecule has 1 saturated heterocycles. The van der Waals surface area contributed by atoms with Gasteiger partial charge in [0, 0.05) is 23.4 Å². The van der Waals surface area contributed by atoms with Crippen molar-refractivity contribution in [2.45, 2.75) is 31.7 Å². The van der Waals surface area contributed by atoms with Gasteiger partial charge in [-0.1, -0.05) is 28.1 Å². The van der Waals surface area contributed by atoms with Crippen molar-refractivity contribution in [1.29, 1.82) is 0 Å². The van der Waals surface area contributed by atoms with Gasteiger partial charge >= 0.3 is 0 Å². The van der Waals surface area contributed by atoms with Crippen molar-refractivity contribution in [2.75, 3.05) is 6.54 Å². The van der Waals surface area contributed by atoms with Crippen molar-refractivity contribution in [2.24, 2.45) is 0 Å². The number of ketones is 1. The molecule has 1 unspecified atom stereocenters. The van der Waals surface area contributed by atoms with Crippen molar-refractivity contribution in [1.82, 2.24) is 5.32 Å². The average molecular weight is 282 g/mol. The minimum Gasteiger partial charge on any atom is -0.314 e. The third-order valence-corrected chi connectivity index (χ3v) is 3.42. The predicted molar refractivity (Wildman–Crippen MR) is 68.5 cm³/mol. The molecular formula is C13H16BrNO. The van der Waals surface area contributed by atoms with Crippen molar-refractivity contribution < 1.29 is 4.79 Å². The Morgan fingerprint density at radius 2 is 2.38 bits per heavy atom. The van der Waals surface area contributed by atoms with E-state index in [2.05, 4.69) is 21.2 Å². The zero-order valence-corrected chi connectivity index (χ0v) is 10.8. The average Bonchev–Trinajstić information content (AvgIpc) is 2.70. The summed E-state index contributed by atoms with van der Waals surface area (Å²) in [6.07, 6.45) is 3.57. The van der Waals surface area contributed by atoms with Crippen LogP contribution in [0, 0.1) is 0 Å². The summed E-state index contributed by atoms with van der Waals surface area (Å²) >= 11 is 3.42. The molecule has 2 nitrogen and oxygen atoms in total. The van der Waals surface area contributed by atoms with E-state index in [1.807, 2.05) is 24.3 Å². The van der Waals surface area contributed by atoms with E-state index in [0.29, 0.717) is 24.7 Å². The van der Waals surface area contributed by atoms with Crippen molar-refractivity contribution >= 4 is 21.7 Å². The van der Waals surface area contributed by atoms with E-state index in [1.165, 1.54) is 6.42 Å². The maximum Gasteiger partial charge on any atom is 0.138 e. The Labute approximate surface area is 105 Å². The molecule has 0 amide bonds. The Bertz CT molecular complexity index is 372. The summed E-state index contributed by atoms with van der Waals surface area (Å²) < 4.78 is 1.04. The number of hydrogen-bond acceptors (Lipinski definition) is 2. The largest absolute Gasteiger partial charge is 0.314 e. The highest BCUT2D eigenvalue weighted by atomic mass is 79.9. The Morgan fingerprint density at radius 1 is 1.50 bits per heavy atom. The molecule has 0 bridgehead atoms. The van der Waals surface area contributed by atoms with Gasteiger partial charge in [-0.15, -0.1) is 0 Å². The smallest absolute Gasteiger partial charge is 0.138 e. The van der Waals surface area contributed by atoms with Crippen LogP contribution in [0.5, 0.6) is 0 Å². The number of nitrogens with one attached hydrogen (secondary N) is 1. The number of rotatable bonds is 4. The molecule has 1 aliphatic heterocycles. The second kappa shape index (κ2) is 5.60. The van der Waals surface area contributed by atoms with Crippen LogP contribution >= 0.6 is 15.9 Å². The fraction of sp³-hybridized carbons (Fsp3) is 0.462. The topological polar surface area (TPSA) is 29.1 Å². The zero-order chi connectivity index (χ0) is 11.4. The van der Waals surface area contributed by atoms with E-state index in [0.717, 1.165) is 23.0 Å². The first-order chi connectivity index (χ1) is 7.74. The molecule has 1 N–H and O–H groups in total. The van der Waals surface area contributed by atoms with E-state index < -0.39 is 0 Å². The number of hydrogen-bond donors (Lipinski definition) is 1. The summed E-state index contributed by atoms with van der Waals surface area (Å²) in [6, 6.07) is 8.39. The minimum atomic E-state index is 0.331. The molecule has 0 spiro atoms. The van der Waals surface area contributed by atoms with Crippen molar-refractivity contribution in [3.05, 3.63) is 34.3 Å². The van der Waals surface area contributed by atoms with Crippen LogP contribution in [0.4, 0.5) is 0 Å². The molecule has 86 valence electrons. The summed E-state index contributed by atoms with van der Waals surface area (Å²) in [5.74, 6) is 0.331. The van der Waals surface area contributed by atoms with Gasteiger partial charge in [0.05, 0.1) is 0 Å². The molecular weight excluding hydrogens is 266 g/mol. The fourth-order valence-corrected chi connectivity index (χ4v) is 2.60. The van der Waals surface area contributed by atoms with E-state index in [9.17, 15) is 4.79 Å². The van der Waals surface area contributed by atoms with E-state index >= 15 is 0 Å². The van der Waals surface area contributed by atoms with Gasteiger partial charge in [-0.3, -0.25) is 4.79 Å². The van der Waals surface area contributed by atoms with Gasteiger partial charge in [0.2, 0.25) is 0 Å². The lowest BCUT2D eigenvalue weighted by molar-refractivity contribution is -0.118. The van der Waals surface area contributed by atoms with Crippen molar-refractivity contribution in [3.8, 4) is 0 Å². The maximum atomic E-state index is 11.8. The van der Waals surface area contributed by atoms with Gasteiger partial charge in [0.25, 0.3) is 0 Å². The van der Waals surface area contributed by atoms with E-state index in [-0.39, 0.29) is 0 Å². The molecule has 0 aromatic heterocycles. The summed E-state index contributed by atoms with van der Waals surface area (Å²) in [7, 11) is 0. The second-order valence-electron chi connectivity index (χ2n) is 4.34. The third-order valence-electron chi connectivity index (χ3n) is 2.93. The molecule has 1 heterocycles. The molecule has 0 aliphatic carbocycles. The van der Waals surface area contributed by atoms with Crippen molar-refractivity contribution in [3.63, 3.8) is 0 Å². The van der Waals surface area contributed by atoms with Crippen LogP contribution in [0.25, 0.3) is 0 Å². The quantitative estimate of drug-likeness (QED) is 0.920. The SMILES string of the molecule is O=C(Cc1cccc(Br)c1)CC1CCCN1. The first-order valence-electron chi connectivity index (χ1n) is 5.73. The first kappa shape index (κ1) is 11.8. The summed E-state index contributed by atoms with van der Waals surface area (Å²) in [6.45, 7) is 1.06. The minimum absolute atomic E-state index is 0.331. The normalized spacial score (nSPS) is 19.9. The predicted octanol–water partition coefficient (Wildman–Crippen LogP) is 2.70. The Morgan fingerprint density at radius 3 is 3.06 bits per heavy atom. The lowest BCUT2D eigenvalue weighted by atomic mass is 10.0. The van der Waals surface area contributed by atoms with Crippen LogP contribution < -0.4 is 5.32 Å². The maximum absolute atomic E-state index is 11.8. The molecule has 1 fully saturated rings. The summed E-state index contributed by atoms with van der Waals surface area (Å²) in [4.78, 5) is 11.8. The van der Waals surface area contributed by atoms with Crippen LogP contribution in [0.1, 0.15) is 24.8 Å². The zero-order valence-electron chi connectivity index (χ0n) is 9.21. The molecule has 1 aromatic carbocycles. The Kier molecular flexibility index (Phi) is 4.13. The Balaban J connectivity index is 1.86. The molecule has 1 aromatic rings. The second-order valence-corrected chi connectivity index (χ2v) is 5.26. The highest BCUT2D eigenvalue weighted by molar-refractivity contribution is 9.10. The highest BCUT2D eigenvalue weighted by Gasteiger charge is 2.17. The van der Waals surface area contributed by atoms with Crippen LogP contribution in [0.3, 0.4) is 0 Å². The van der Waals surface area contributed by atoms with Crippen LogP contribution in [0.15, 0.2) is 28.7 Å². The first-order valence-corrected chi connectivity index (χ1v) is 6.53. The van der Waals surface area contributed by atoms with Crippen LogP contribution in [0.2, 0.25) is 0 Å².